The van der Waals surface area contributed by atoms with Gasteiger partial charge in [-0.1, -0.05) is 52.0 Å². The first-order valence-corrected chi connectivity index (χ1v) is 10.1. The molecule has 1 saturated carbocycles. The first-order chi connectivity index (χ1) is 12.4. The van der Waals surface area contributed by atoms with Crippen molar-refractivity contribution in [1.82, 2.24) is 5.32 Å². The largest absolute Gasteiger partial charge is 0.333 e. The highest BCUT2D eigenvalue weighted by atomic mass is 16.2. The lowest BCUT2D eigenvalue weighted by atomic mass is 9.92. The molecule has 0 unspecified atom stereocenters. The average Bonchev–Trinajstić information content (AvgIpc) is 3.10. The number of amides is 1. The number of nitrogens with two attached hydrogens (primary N) is 1. The predicted molar refractivity (Wildman–Crippen MR) is 104 cm³/mol. The van der Waals surface area contributed by atoms with Crippen molar-refractivity contribution in [3.8, 4) is 6.07 Å². The lowest BCUT2D eigenvalue weighted by Gasteiger charge is -2.24. The van der Waals surface area contributed by atoms with Crippen molar-refractivity contribution in [1.29, 1.82) is 5.26 Å². The Balaban J connectivity index is 1.98. The van der Waals surface area contributed by atoms with E-state index >= 15 is 0 Å². The average molecular weight is 357 g/mol. The van der Waals surface area contributed by atoms with Crippen LogP contribution in [0.2, 0.25) is 0 Å². The van der Waals surface area contributed by atoms with E-state index in [-0.39, 0.29) is 11.9 Å². The van der Waals surface area contributed by atoms with Gasteiger partial charge in [0.2, 0.25) is 0 Å². The molecule has 0 saturated heterocycles. The molecule has 4 heteroatoms. The Morgan fingerprint density at radius 3 is 2.27 bits per heavy atom. The van der Waals surface area contributed by atoms with Crippen LogP contribution in [0.3, 0.4) is 0 Å². The van der Waals surface area contributed by atoms with Crippen molar-refractivity contribution < 1.29 is 10.1 Å². The summed E-state index contributed by atoms with van der Waals surface area (Å²) < 4.78 is 0. The number of carbonyl (C=O) groups excluding carboxylic acids is 1. The second-order valence-corrected chi connectivity index (χ2v) is 8.13. The summed E-state index contributed by atoms with van der Waals surface area (Å²) >= 11 is 0. The summed E-state index contributed by atoms with van der Waals surface area (Å²) in [5.41, 5.74) is 2.00. The first-order valence-electron chi connectivity index (χ1n) is 10.1. The summed E-state index contributed by atoms with van der Waals surface area (Å²) in [5.74, 6) is 0.967. The van der Waals surface area contributed by atoms with Crippen LogP contribution < -0.4 is 10.6 Å². The van der Waals surface area contributed by atoms with Gasteiger partial charge in [0.05, 0.1) is 6.07 Å². The first kappa shape index (κ1) is 20.5. The fraction of sp³-hybridized carbons (Fsp3) is 0.636. The van der Waals surface area contributed by atoms with Crippen molar-refractivity contribution in [2.75, 3.05) is 6.54 Å². The Morgan fingerprint density at radius 1 is 1.19 bits per heavy atom. The van der Waals surface area contributed by atoms with Crippen LogP contribution in [-0.4, -0.2) is 18.0 Å². The van der Waals surface area contributed by atoms with Crippen LogP contribution in [0.1, 0.15) is 82.9 Å². The quantitative estimate of drug-likeness (QED) is 0.749. The Morgan fingerprint density at radius 2 is 1.77 bits per heavy atom. The number of carbonyl (C=O) groups is 1. The van der Waals surface area contributed by atoms with Crippen molar-refractivity contribution in [2.24, 2.45) is 5.92 Å². The van der Waals surface area contributed by atoms with Crippen molar-refractivity contribution in [3.63, 3.8) is 0 Å². The summed E-state index contributed by atoms with van der Waals surface area (Å²) in [6.45, 7) is 9.20. The molecule has 0 bridgehead atoms. The molecular formula is C22H34N3O+. The highest BCUT2D eigenvalue weighted by Crippen LogP contribution is 2.28. The Bertz CT molecular complexity index is 624. The lowest BCUT2D eigenvalue weighted by Crippen LogP contribution is -2.88. The zero-order chi connectivity index (χ0) is 19.2. The molecule has 1 fully saturated rings. The molecule has 142 valence electrons. The van der Waals surface area contributed by atoms with E-state index in [9.17, 15) is 10.1 Å². The zero-order valence-corrected chi connectivity index (χ0v) is 16.7. The molecule has 0 radical (unpaired) electrons. The van der Waals surface area contributed by atoms with E-state index in [0.717, 1.165) is 32.1 Å². The minimum Gasteiger partial charge on any atom is -0.333 e. The summed E-state index contributed by atoms with van der Waals surface area (Å²) in [5, 5.41) is 14.5. The molecule has 0 aliphatic heterocycles. The van der Waals surface area contributed by atoms with Crippen molar-refractivity contribution >= 4 is 5.91 Å². The second kappa shape index (κ2) is 9.19. The maximum atomic E-state index is 12.4. The number of quaternary nitrogens is 1. The van der Waals surface area contributed by atoms with E-state index < -0.39 is 5.54 Å². The maximum Gasteiger partial charge on any atom is 0.276 e. The number of nitriles is 1. The molecule has 0 heterocycles. The number of hydrogen-bond donors (Lipinski definition) is 2. The summed E-state index contributed by atoms with van der Waals surface area (Å²) in [6.07, 6.45) is 4.74. The van der Waals surface area contributed by atoms with Crippen LogP contribution in [0.5, 0.6) is 0 Å². The Labute approximate surface area is 158 Å². The van der Waals surface area contributed by atoms with Gasteiger partial charge in [-0.15, -0.1) is 0 Å². The molecule has 1 amide bonds. The minimum absolute atomic E-state index is 0.0321. The third-order valence-corrected chi connectivity index (χ3v) is 5.83. The number of benzene rings is 1. The SMILES string of the molecule is CC[C@H](C)c1ccc([C@@H]([NH2+]CC(=O)NC2(C#N)CCCC2)C(C)C)cc1. The molecule has 0 spiro atoms. The van der Waals surface area contributed by atoms with Gasteiger partial charge in [-0.25, -0.2) is 0 Å². The van der Waals surface area contributed by atoms with Crippen molar-refractivity contribution in [2.45, 2.75) is 77.3 Å². The van der Waals surface area contributed by atoms with E-state index in [1.807, 2.05) is 0 Å². The fourth-order valence-electron chi connectivity index (χ4n) is 3.87. The Hall–Kier alpha value is -1.86. The third kappa shape index (κ3) is 5.08. The van der Waals surface area contributed by atoms with Gasteiger partial charge in [-0.2, -0.15) is 5.26 Å². The standard InChI is InChI=1S/C22H33N3O/c1-5-17(4)18-8-10-19(11-9-18)21(16(2)3)24-14-20(26)25-22(15-23)12-6-7-13-22/h8-11,16-17,21,24H,5-7,12-14H2,1-4H3,(H,25,26)/p+1/t17-,21-/m0/s1. The fourth-order valence-corrected chi connectivity index (χ4v) is 3.87. The maximum absolute atomic E-state index is 12.4. The Kier molecular flexibility index (Phi) is 7.23. The number of hydrogen-bond acceptors (Lipinski definition) is 2. The van der Waals surface area contributed by atoms with E-state index in [1.165, 1.54) is 11.1 Å². The number of nitrogens with zero attached hydrogens (tertiary/aromatic N) is 1. The van der Waals surface area contributed by atoms with Crippen LogP contribution in [0.25, 0.3) is 0 Å². The van der Waals surface area contributed by atoms with Gasteiger partial charge >= 0.3 is 0 Å². The monoisotopic (exact) mass is 356 g/mol. The highest BCUT2D eigenvalue weighted by molar-refractivity contribution is 5.78. The number of rotatable bonds is 8. The highest BCUT2D eigenvalue weighted by Gasteiger charge is 2.35. The van der Waals surface area contributed by atoms with Gasteiger partial charge < -0.3 is 10.6 Å². The smallest absolute Gasteiger partial charge is 0.276 e. The summed E-state index contributed by atoms with van der Waals surface area (Å²) in [6, 6.07) is 11.4. The van der Waals surface area contributed by atoms with E-state index in [0.29, 0.717) is 18.4 Å². The van der Waals surface area contributed by atoms with E-state index in [2.05, 4.69) is 68.7 Å². The zero-order valence-electron chi connectivity index (χ0n) is 16.7. The second-order valence-electron chi connectivity index (χ2n) is 8.13. The molecule has 1 aliphatic rings. The lowest BCUT2D eigenvalue weighted by molar-refractivity contribution is -0.692. The molecule has 2 atom stereocenters. The van der Waals surface area contributed by atoms with Gasteiger partial charge in [0.25, 0.3) is 5.91 Å². The molecule has 1 aromatic carbocycles. The van der Waals surface area contributed by atoms with Gasteiger partial charge in [0.1, 0.15) is 11.6 Å². The molecule has 26 heavy (non-hydrogen) atoms. The van der Waals surface area contributed by atoms with Gasteiger partial charge in [-0.05, 0) is 43.6 Å². The van der Waals surface area contributed by atoms with Crippen LogP contribution >= 0.6 is 0 Å². The number of nitrogens with one attached hydrogen (secondary N) is 1. The van der Waals surface area contributed by atoms with Crippen molar-refractivity contribution in [3.05, 3.63) is 35.4 Å². The summed E-state index contributed by atoms with van der Waals surface area (Å²) in [7, 11) is 0. The van der Waals surface area contributed by atoms with Crippen LogP contribution in [-0.2, 0) is 4.79 Å². The molecule has 2 rings (SSSR count). The van der Waals surface area contributed by atoms with Gasteiger partial charge in [0, 0.05) is 11.5 Å². The summed E-state index contributed by atoms with van der Waals surface area (Å²) in [4.78, 5) is 12.4. The van der Waals surface area contributed by atoms with Crippen LogP contribution in [0.4, 0.5) is 0 Å². The normalized spacial score (nSPS) is 18.3. The molecule has 1 aliphatic carbocycles. The third-order valence-electron chi connectivity index (χ3n) is 5.83. The molecule has 3 N–H and O–H groups in total. The van der Waals surface area contributed by atoms with E-state index in [1.54, 1.807) is 0 Å². The molecular weight excluding hydrogens is 322 g/mol. The van der Waals surface area contributed by atoms with E-state index in [4.69, 9.17) is 0 Å². The predicted octanol–water partition coefficient (Wildman–Crippen LogP) is 3.41. The van der Waals surface area contributed by atoms with Gasteiger partial charge in [-0.3, -0.25) is 4.79 Å². The minimum atomic E-state index is -0.629. The van der Waals surface area contributed by atoms with Crippen LogP contribution in [0.15, 0.2) is 24.3 Å². The molecule has 1 aromatic rings. The van der Waals surface area contributed by atoms with Gasteiger partial charge in [0.15, 0.2) is 6.54 Å². The topological polar surface area (TPSA) is 69.5 Å². The van der Waals surface area contributed by atoms with Crippen LogP contribution in [0, 0.1) is 17.2 Å². The molecule has 4 nitrogen and oxygen atoms in total. The molecule has 0 aromatic heterocycles.